The summed E-state index contributed by atoms with van der Waals surface area (Å²) in [6.45, 7) is 6.65. The van der Waals surface area contributed by atoms with E-state index in [9.17, 15) is 4.79 Å². The zero-order chi connectivity index (χ0) is 19.9. The van der Waals surface area contributed by atoms with E-state index < -0.39 is 0 Å². The molecule has 1 unspecified atom stereocenters. The van der Waals surface area contributed by atoms with Crippen LogP contribution in [-0.2, 0) is 11.2 Å². The Bertz CT molecular complexity index is 733. The summed E-state index contributed by atoms with van der Waals surface area (Å²) in [5.74, 6) is 2.30. The van der Waals surface area contributed by atoms with Crippen molar-refractivity contribution in [3.8, 4) is 17.1 Å². The predicted molar refractivity (Wildman–Crippen MR) is 112 cm³/mol. The number of hydrogen-bond acceptors (Lipinski definition) is 6. The molecule has 0 aliphatic carbocycles. The molecule has 2 rings (SSSR count). The topological polar surface area (TPSA) is 103 Å². The van der Waals surface area contributed by atoms with E-state index in [4.69, 9.17) is 15.0 Å². The molecule has 7 nitrogen and oxygen atoms in total. The number of aromatic nitrogens is 2. The molecule has 0 aliphatic rings. The number of carbonyl (C=O) groups excluding carboxylic acids is 1. The lowest BCUT2D eigenvalue weighted by Gasteiger charge is -2.31. The van der Waals surface area contributed by atoms with Crippen LogP contribution < -0.4 is 15.8 Å². The second kappa shape index (κ2) is 11.0. The Morgan fingerprint density at radius 3 is 2.57 bits per heavy atom. The summed E-state index contributed by atoms with van der Waals surface area (Å²) in [7, 11) is 1.62. The molecule has 1 aromatic carbocycles. The number of nitrogens with zero attached hydrogens (tertiary/aromatic N) is 2. The lowest BCUT2D eigenvalue weighted by atomic mass is 9.90. The van der Waals surface area contributed by atoms with Crippen molar-refractivity contribution in [2.24, 2.45) is 11.7 Å². The van der Waals surface area contributed by atoms with E-state index in [0.717, 1.165) is 17.7 Å². The van der Waals surface area contributed by atoms with Gasteiger partial charge in [-0.25, -0.2) is 0 Å². The minimum absolute atomic E-state index is 0. The van der Waals surface area contributed by atoms with E-state index in [2.05, 4.69) is 29.3 Å². The highest BCUT2D eigenvalue weighted by molar-refractivity contribution is 5.85. The number of hydrogen-bond donors (Lipinski definition) is 2. The zero-order valence-electron chi connectivity index (χ0n) is 17.0. The highest BCUT2D eigenvalue weighted by Gasteiger charge is 2.25. The second-order valence-corrected chi connectivity index (χ2v) is 7.50. The molecule has 28 heavy (non-hydrogen) atoms. The maximum absolute atomic E-state index is 12.2. The number of rotatable bonds is 10. The number of benzene rings is 1. The molecule has 2 aromatic rings. The van der Waals surface area contributed by atoms with Crippen LogP contribution in [0.1, 0.15) is 45.9 Å². The first-order valence-electron chi connectivity index (χ1n) is 9.33. The van der Waals surface area contributed by atoms with Gasteiger partial charge in [-0.1, -0.05) is 19.0 Å². The van der Waals surface area contributed by atoms with Gasteiger partial charge < -0.3 is 20.3 Å². The summed E-state index contributed by atoms with van der Waals surface area (Å²) >= 11 is 0. The van der Waals surface area contributed by atoms with Crippen LogP contribution in [0.2, 0.25) is 0 Å². The highest BCUT2D eigenvalue weighted by atomic mass is 35.5. The van der Waals surface area contributed by atoms with Gasteiger partial charge in [0.1, 0.15) is 5.75 Å². The number of ether oxygens (including phenoxy) is 1. The van der Waals surface area contributed by atoms with Gasteiger partial charge in [-0.15, -0.1) is 12.4 Å². The molecule has 0 saturated heterocycles. The number of halogens is 1. The van der Waals surface area contributed by atoms with Crippen molar-refractivity contribution in [1.82, 2.24) is 15.5 Å². The van der Waals surface area contributed by atoms with Crippen molar-refractivity contribution >= 4 is 18.3 Å². The molecule has 1 aromatic heterocycles. The molecule has 1 amide bonds. The number of amides is 1. The van der Waals surface area contributed by atoms with E-state index in [1.165, 1.54) is 0 Å². The number of nitrogens with two attached hydrogens (primary N) is 1. The summed E-state index contributed by atoms with van der Waals surface area (Å²) in [6, 6.07) is 7.45. The number of methoxy groups -OCH3 is 1. The van der Waals surface area contributed by atoms with Gasteiger partial charge in [0.05, 0.1) is 7.11 Å². The Balaban J connectivity index is 0.00000392. The molecule has 156 valence electrons. The van der Waals surface area contributed by atoms with Gasteiger partial charge >= 0.3 is 0 Å². The molecule has 1 heterocycles. The van der Waals surface area contributed by atoms with Crippen LogP contribution >= 0.6 is 12.4 Å². The van der Waals surface area contributed by atoms with Crippen LogP contribution in [0.4, 0.5) is 0 Å². The fraction of sp³-hybridized carbons (Fsp3) is 0.550. The Labute approximate surface area is 172 Å². The molecule has 1 atom stereocenters. The fourth-order valence-corrected chi connectivity index (χ4v) is 3.10. The first-order valence-corrected chi connectivity index (χ1v) is 9.33. The van der Waals surface area contributed by atoms with Gasteiger partial charge in [0.25, 0.3) is 0 Å². The molecule has 0 radical (unpaired) electrons. The van der Waals surface area contributed by atoms with Crippen molar-refractivity contribution in [2.45, 2.75) is 52.0 Å². The molecule has 0 bridgehead atoms. The van der Waals surface area contributed by atoms with Crippen LogP contribution in [0.25, 0.3) is 11.4 Å². The van der Waals surface area contributed by atoms with Crippen LogP contribution in [0.5, 0.6) is 5.75 Å². The van der Waals surface area contributed by atoms with E-state index >= 15 is 0 Å². The normalized spacial score (nSPS) is 12.9. The molecular formula is C20H31ClN4O3. The Morgan fingerprint density at radius 2 is 2.00 bits per heavy atom. The lowest BCUT2D eigenvalue weighted by Crippen LogP contribution is -2.52. The third-order valence-corrected chi connectivity index (χ3v) is 4.36. The van der Waals surface area contributed by atoms with Gasteiger partial charge in [-0.3, -0.25) is 4.79 Å². The van der Waals surface area contributed by atoms with Crippen molar-refractivity contribution in [3.63, 3.8) is 0 Å². The molecule has 0 aliphatic heterocycles. The van der Waals surface area contributed by atoms with Crippen LogP contribution in [0, 0.1) is 5.92 Å². The summed E-state index contributed by atoms with van der Waals surface area (Å²) < 4.78 is 10.4. The lowest BCUT2D eigenvalue weighted by molar-refractivity contribution is -0.123. The molecule has 8 heteroatoms. The van der Waals surface area contributed by atoms with Crippen LogP contribution in [-0.4, -0.2) is 35.2 Å². The smallest absolute Gasteiger partial charge is 0.226 e. The fourth-order valence-electron chi connectivity index (χ4n) is 3.10. The van der Waals surface area contributed by atoms with E-state index in [-0.39, 0.29) is 23.9 Å². The van der Waals surface area contributed by atoms with Gasteiger partial charge in [-0.2, -0.15) is 4.98 Å². The molecule has 0 fully saturated rings. The first-order chi connectivity index (χ1) is 12.8. The Hall–Kier alpha value is -2.12. The van der Waals surface area contributed by atoms with E-state index in [0.29, 0.717) is 43.4 Å². The maximum Gasteiger partial charge on any atom is 0.226 e. The Kier molecular flexibility index (Phi) is 9.41. The van der Waals surface area contributed by atoms with Gasteiger partial charge in [0.15, 0.2) is 0 Å². The summed E-state index contributed by atoms with van der Waals surface area (Å²) in [6.07, 6.45) is 2.44. The molecule has 3 N–H and O–H groups in total. The number of nitrogens with one attached hydrogen (secondary N) is 1. The summed E-state index contributed by atoms with van der Waals surface area (Å²) in [5, 5.41) is 7.06. The second-order valence-electron chi connectivity index (χ2n) is 7.50. The van der Waals surface area contributed by atoms with Crippen molar-refractivity contribution in [2.75, 3.05) is 13.7 Å². The molecule has 0 saturated carbocycles. The van der Waals surface area contributed by atoms with E-state index in [1.54, 1.807) is 7.11 Å². The number of carbonyl (C=O) groups is 1. The third-order valence-electron chi connectivity index (χ3n) is 4.36. The van der Waals surface area contributed by atoms with Crippen molar-refractivity contribution in [1.29, 1.82) is 0 Å². The SMILES string of the molecule is COc1ccc(-c2noc(CCCC(=O)NC(C)(CN)CC(C)C)n2)cc1.Cl. The highest BCUT2D eigenvalue weighted by Crippen LogP contribution is 2.20. The first kappa shape index (κ1) is 23.9. The maximum atomic E-state index is 12.2. The minimum atomic E-state index is -0.364. The van der Waals surface area contributed by atoms with Gasteiger partial charge in [-0.05, 0) is 49.9 Å². The average Bonchev–Trinajstić information content (AvgIpc) is 3.10. The third kappa shape index (κ3) is 7.13. The quantitative estimate of drug-likeness (QED) is 0.622. The largest absolute Gasteiger partial charge is 0.497 e. The van der Waals surface area contributed by atoms with Gasteiger partial charge in [0.2, 0.25) is 17.6 Å². The minimum Gasteiger partial charge on any atom is -0.497 e. The van der Waals surface area contributed by atoms with Crippen molar-refractivity contribution < 1.29 is 14.1 Å². The summed E-state index contributed by atoms with van der Waals surface area (Å²) in [5.41, 5.74) is 6.34. The number of aryl methyl sites for hydroxylation is 1. The van der Waals surface area contributed by atoms with Crippen molar-refractivity contribution in [3.05, 3.63) is 30.2 Å². The van der Waals surface area contributed by atoms with Crippen LogP contribution in [0.3, 0.4) is 0 Å². The molecular weight excluding hydrogens is 380 g/mol. The molecule has 0 spiro atoms. The van der Waals surface area contributed by atoms with E-state index in [1.807, 2.05) is 31.2 Å². The summed E-state index contributed by atoms with van der Waals surface area (Å²) in [4.78, 5) is 16.6. The average molecular weight is 411 g/mol. The zero-order valence-corrected chi connectivity index (χ0v) is 17.8. The monoisotopic (exact) mass is 410 g/mol. The predicted octanol–water partition coefficient (Wildman–Crippen LogP) is 3.37. The Morgan fingerprint density at radius 1 is 1.32 bits per heavy atom. The van der Waals surface area contributed by atoms with Crippen LogP contribution in [0.15, 0.2) is 28.8 Å². The van der Waals surface area contributed by atoms with Gasteiger partial charge in [0, 0.05) is 30.5 Å². The standard InChI is InChI=1S/C20H30N4O3.ClH/c1-14(2)12-20(3,13-21)23-17(25)6-5-7-18-22-19(24-27-18)15-8-10-16(26-4)11-9-15;/h8-11,14H,5-7,12-13,21H2,1-4H3,(H,23,25);1H.